The Balaban J connectivity index is 2.29. The van der Waals surface area contributed by atoms with E-state index in [9.17, 15) is 9.18 Å². The number of anilines is 1. The second-order valence-electron chi connectivity index (χ2n) is 5.24. The summed E-state index contributed by atoms with van der Waals surface area (Å²) in [6, 6.07) is 6.90. The first-order valence-corrected chi connectivity index (χ1v) is 7.88. The number of methoxy groups -OCH3 is 1. The average Bonchev–Trinajstić information content (AvgIpc) is 2.52. The van der Waals surface area contributed by atoms with Gasteiger partial charge in [0, 0.05) is 11.3 Å². The van der Waals surface area contributed by atoms with Crippen molar-refractivity contribution in [3.8, 4) is 11.5 Å². The highest BCUT2D eigenvalue weighted by atomic mass is 35.5. The predicted octanol–water partition coefficient (Wildman–Crippen LogP) is 5.18. The smallest absolute Gasteiger partial charge is 0.255 e. The standard InChI is InChI=1S/C17H16Cl2FNO3/c1-9(2)24-16-13(19)6-10(7-15(16)23-3)17(22)21-11-4-5-14(20)12(18)8-11/h4-9H,1-3H3,(H,21,22). The first-order valence-electron chi connectivity index (χ1n) is 7.12. The Morgan fingerprint density at radius 1 is 1.17 bits per heavy atom. The van der Waals surface area contributed by atoms with Crippen molar-refractivity contribution in [3.05, 3.63) is 51.8 Å². The first kappa shape index (κ1) is 18.4. The Hall–Kier alpha value is -1.98. The minimum Gasteiger partial charge on any atom is -0.493 e. The summed E-state index contributed by atoms with van der Waals surface area (Å²) in [7, 11) is 1.46. The van der Waals surface area contributed by atoms with Gasteiger partial charge in [-0.25, -0.2) is 4.39 Å². The lowest BCUT2D eigenvalue weighted by molar-refractivity contribution is 0.102. The van der Waals surface area contributed by atoms with Gasteiger partial charge in [-0.05, 0) is 44.2 Å². The fourth-order valence-corrected chi connectivity index (χ4v) is 2.41. The van der Waals surface area contributed by atoms with Gasteiger partial charge < -0.3 is 14.8 Å². The fourth-order valence-electron chi connectivity index (χ4n) is 1.98. The van der Waals surface area contributed by atoms with Crippen molar-refractivity contribution in [3.63, 3.8) is 0 Å². The molecular weight excluding hydrogens is 356 g/mol. The van der Waals surface area contributed by atoms with E-state index in [1.165, 1.54) is 37.4 Å². The lowest BCUT2D eigenvalue weighted by atomic mass is 10.1. The molecule has 0 saturated carbocycles. The Labute approximate surface area is 149 Å². The van der Waals surface area contributed by atoms with E-state index in [0.29, 0.717) is 17.2 Å². The summed E-state index contributed by atoms with van der Waals surface area (Å²) in [5, 5.41) is 2.80. The van der Waals surface area contributed by atoms with Crippen molar-refractivity contribution in [2.45, 2.75) is 20.0 Å². The number of benzene rings is 2. The Kier molecular flexibility index (Phi) is 5.91. The number of amides is 1. The van der Waals surface area contributed by atoms with Gasteiger partial charge in [0.1, 0.15) is 5.82 Å². The van der Waals surface area contributed by atoms with Crippen LogP contribution in [0.3, 0.4) is 0 Å². The van der Waals surface area contributed by atoms with Crippen LogP contribution in [0.5, 0.6) is 11.5 Å². The highest BCUT2D eigenvalue weighted by molar-refractivity contribution is 6.33. The van der Waals surface area contributed by atoms with Gasteiger partial charge in [0.2, 0.25) is 0 Å². The van der Waals surface area contributed by atoms with Crippen molar-refractivity contribution in [1.29, 1.82) is 0 Å². The second kappa shape index (κ2) is 7.73. The molecule has 0 atom stereocenters. The number of hydrogen-bond acceptors (Lipinski definition) is 3. The maximum absolute atomic E-state index is 13.2. The maximum atomic E-state index is 13.2. The van der Waals surface area contributed by atoms with Crippen LogP contribution in [0.4, 0.5) is 10.1 Å². The molecule has 1 N–H and O–H groups in total. The minimum absolute atomic E-state index is 0.0795. The van der Waals surface area contributed by atoms with Crippen LogP contribution < -0.4 is 14.8 Å². The molecule has 4 nitrogen and oxygen atoms in total. The predicted molar refractivity (Wildman–Crippen MR) is 93.1 cm³/mol. The number of hydrogen-bond donors (Lipinski definition) is 1. The summed E-state index contributed by atoms with van der Waals surface area (Å²) in [6.07, 6.45) is -0.0996. The molecule has 0 aliphatic rings. The molecule has 0 heterocycles. The van der Waals surface area contributed by atoms with Crippen molar-refractivity contribution in [1.82, 2.24) is 0 Å². The molecule has 0 fully saturated rings. The highest BCUT2D eigenvalue weighted by Crippen LogP contribution is 2.37. The lowest BCUT2D eigenvalue weighted by Crippen LogP contribution is -2.13. The highest BCUT2D eigenvalue weighted by Gasteiger charge is 2.17. The summed E-state index contributed by atoms with van der Waals surface area (Å²) in [5.41, 5.74) is 0.636. The van der Waals surface area contributed by atoms with Crippen LogP contribution in [0.25, 0.3) is 0 Å². The Morgan fingerprint density at radius 3 is 2.46 bits per heavy atom. The topological polar surface area (TPSA) is 47.6 Å². The van der Waals surface area contributed by atoms with Gasteiger partial charge in [-0.1, -0.05) is 23.2 Å². The molecule has 0 saturated heterocycles. The van der Waals surface area contributed by atoms with Crippen LogP contribution in [0.1, 0.15) is 24.2 Å². The molecule has 2 aromatic carbocycles. The minimum atomic E-state index is -0.561. The average molecular weight is 372 g/mol. The van der Waals surface area contributed by atoms with E-state index in [4.69, 9.17) is 32.7 Å². The molecule has 0 radical (unpaired) electrons. The van der Waals surface area contributed by atoms with Crippen LogP contribution in [-0.2, 0) is 0 Å². The van der Waals surface area contributed by atoms with Gasteiger partial charge in [0.25, 0.3) is 5.91 Å². The third-order valence-corrected chi connectivity index (χ3v) is 3.59. The molecule has 0 unspecified atom stereocenters. The molecule has 128 valence electrons. The molecule has 7 heteroatoms. The molecule has 0 bridgehead atoms. The fraction of sp³-hybridized carbons (Fsp3) is 0.235. The number of rotatable bonds is 5. The molecule has 2 aromatic rings. The summed E-state index contributed by atoms with van der Waals surface area (Å²) >= 11 is 11.9. The van der Waals surface area contributed by atoms with Crippen molar-refractivity contribution < 1.29 is 18.7 Å². The summed E-state index contributed by atoms with van der Waals surface area (Å²) < 4.78 is 24.0. The van der Waals surface area contributed by atoms with E-state index in [2.05, 4.69) is 5.32 Å². The molecular formula is C17H16Cl2FNO3. The molecule has 24 heavy (non-hydrogen) atoms. The second-order valence-corrected chi connectivity index (χ2v) is 6.05. The quantitative estimate of drug-likeness (QED) is 0.787. The van der Waals surface area contributed by atoms with Crippen molar-refractivity contribution in [2.24, 2.45) is 0 Å². The van der Waals surface area contributed by atoms with Crippen molar-refractivity contribution in [2.75, 3.05) is 12.4 Å². The van der Waals surface area contributed by atoms with Crippen LogP contribution >= 0.6 is 23.2 Å². The van der Waals surface area contributed by atoms with Gasteiger partial charge in [0.15, 0.2) is 11.5 Å². The number of nitrogens with one attached hydrogen (secondary N) is 1. The van der Waals surface area contributed by atoms with Crippen LogP contribution in [-0.4, -0.2) is 19.1 Å². The summed E-state index contributed by atoms with van der Waals surface area (Å²) in [4.78, 5) is 12.4. The lowest BCUT2D eigenvalue weighted by Gasteiger charge is -2.16. The largest absolute Gasteiger partial charge is 0.493 e. The van der Waals surface area contributed by atoms with Crippen LogP contribution in [0.15, 0.2) is 30.3 Å². The summed E-state index contributed by atoms with van der Waals surface area (Å²) in [5.74, 6) is -0.280. The van der Waals surface area contributed by atoms with Crippen molar-refractivity contribution >= 4 is 34.8 Å². The monoisotopic (exact) mass is 371 g/mol. The number of halogens is 3. The third-order valence-electron chi connectivity index (χ3n) is 3.02. The van der Waals surface area contributed by atoms with Crippen LogP contribution in [0, 0.1) is 5.82 Å². The molecule has 1 amide bonds. The zero-order valence-corrected chi connectivity index (χ0v) is 14.8. The summed E-state index contributed by atoms with van der Waals surface area (Å²) in [6.45, 7) is 3.71. The van der Waals surface area contributed by atoms with E-state index >= 15 is 0 Å². The zero-order chi connectivity index (χ0) is 17.9. The SMILES string of the molecule is COc1cc(C(=O)Nc2ccc(F)c(Cl)c2)cc(Cl)c1OC(C)C. The van der Waals surface area contributed by atoms with E-state index in [-0.39, 0.29) is 21.7 Å². The Bertz CT molecular complexity index is 766. The van der Waals surface area contributed by atoms with Gasteiger partial charge in [-0.15, -0.1) is 0 Å². The normalized spacial score (nSPS) is 10.6. The zero-order valence-electron chi connectivity index (χ0n) is 13.3. The van der Waals surface area contributed by atoms with Crippen LogP contribution in [0.2, 0.25) is 10.0 Å². The van der Waals surface area contributed by atoms with E-state index in [1.807, 2.05) is 13.8 Å². The molecule has 2 rings (SSSR count). The first-order chi connectivity index (χ1) is 11.3. The van der Waals surface area contributed by atoms with Gasteiger partial charge >= 0.3 is 0 Å². The molecule has 0 spiro atoms. The molecule has 0 aliphatic carbocycles. The Morgan fingerprint density at radius 2 is 1.88 bits per heavy atom. The molecule has 0 aromatic heterocycles. The van der Waals surface area contributed by atoms with E-state index < -0.39 is 11.7 Å². The van der Waals surface area contributed by atoms with E-state index in [0.717, 1.165) is 0 Å². The van der Waals surface area contributed by atoms with Gasteiger partial charge in [-0.3, -0.25) is 4.79 Å². The van der Waals surface area contributed by atoms with Gasteiger partial charge in [-0.2, -0.15) is 0 Å². The number of ether oxygens (including phenoxy) is 2. The van der Waals surface area contributed by atoms with E-state index in [1.54, 1.807) is 0 Å². The van der Waals surface area contributed by atoms with Gasteiger partial charge in [0.05, 0.1) is 23.3 Å². The number of carbonyl (C=O) groups excluding carboxylic acids is 1. The molecule has 0 aliphatic heterocycles. The number of carbonyl (C=O) groups is 1. The third kappa shape index (κ3) is 4.30. The maximum Gasteiger partial charge on any atom is 0.255 e.